The van der Waals surface area contributed by atoms with Crippen LogP contribution in [0.2, 0.25) is 0 Å². The lowest BCUT2D eigenvalue weighted by Crippen LogP contribution is -2.12. The molecule has 1 aromatic carbocycles. The smallest absolute Gasteiger partial charge is 0.120 e. The Balaban J connectivity index is 2.63. The maximum atomic E-state index is 6.35. The molecular formula is C12H14BrClO. The lowest BCUT2D eigenvalue weighted by Gasteiger charge is -2.20. The molecule has 1 aromatic rings. The van der Waals surface area contributed by atoms with Crippen LogP contribution in [-0.4, -0.2) is 7.11 Å². The number of rotatable bonds is 1. The third kappa shape index (κ3) is 1.78. The average molecular weight is 290 g/mol. The molecule has 0 saturated carbocycles. The Hall–Kier alpha value is -0.210. The molecule has 0 heterocycles. The second kappa shape index (κ2) is 3.67. The lowest BCUT2D eigenvalue weighted by atomic mass is 9.86. The van der Waals surface area contributed by atoms with E-state index in [1.165, 1.54) is 11.1 Å². The van der Waals surface area contributed by atoms with Crippen molar-refractivity contribution in [2.75, 3.05) is 7.11 Å². The van der Waals surface area contributed by atoms with Crippen molar-refractivity contribution in [2.45, 2.75) is 31.1 Å². The fraction of sp³-hybridized carbons (Fsp3) is 0.500. The Morgan fingerprint density at radius 2 is 2.13 bits per heavy atom. The molecule has 1 aliphatic rings. The first-order valence-electron chi connectivity index (χ1n) is 4.97. The maximum Gasteiger partial charge on any atom is 0.120 e. The van der Waals surface area contributed by atoms with Crippen LogP contribution in [-0.2, 0) is 5.41 Å². The standard InChI is InChI=1S/C12H14BrClO/c1-12(2)6-10(14)8-4-7(15-3)5-9(13)11(8)12/h4-5,10H,6H2,1-3H3. The molecule has 1 atom stereocenters. The molecule has 0 bridgehead atoms. The zero-order chi connectivity index (χ0) is 11.2. The van der Waals surface area contributed by atoms with Crippen LogP contribution in [0.1, 0.15) is 36.8 Å². The van der Waals surface area contributed by atoms with E-state index in [0.717, 1.165) is 16.6 Å². The second-order valence-corrected chi connectivity index (χ2v) is 6.01. The normalized spacial score (nSPS) is 22.6. The number of hydrogen-bond donors (Lipinski definition) is 0. The van der Waals surface area contributed by atoms with Gasteiger partial charge in [-0.15, -0.1) is 11.6 Å². The average Bonchev–Trinajstić information content (AvgIpc) is 2.37. The Morgan fingerprint density at radius 1 is 1.47 bits per heavy atom. The predicted molar refractivity (Wildman–Crippen MR) is 66.9 cm³/mol. The second-order valence-electron chi connectivity index (χ2n) is 4.63. The van der Waals surface area contributed by atoms with Gasteiger partial charge in [-0.05, 0) is 35.1 Å². The number of fused-ring (bicyclic) bond motifs is 1. The van der Waals surface area contributed by atoms with E-state index in [4.69, 9.17) is 16.3 Å². The summed E-state index contributed by atoms with van der Waals surface area (Å²) in [7, 11) is 1.68. The Bertz CT molecular complexity index is 401. The van der Waals surface area contributed by atoms with Crippen LogP contribution in [0.5, 0.6) is 5.75 Å². The van der Waals surface area contributed by atoms with Crippen LogP contribution in [0.25, 0.3) is 0 Å². The molecule has 1 aliphatic carbocycles. The zero-order valence-electron chi connectivity index (χ0n) is 9.10. The highest BCUT2D eigenvalue weighted by Gasteiger charge is 2.37. The summed E-state index contributed by atoms with van der Waals surface area (Å²) in [6, 6.07) is 4.06. The summed E-state index contributed by atoms with van der Waals surface area (Å²) in [5.41, 5.74) is 2.67. The fourth-order valence-corrected chi connectivity index (χ4v) is 3.89. The molecule has 0 saturated heterocycles. The lowest BCUT2D eigenvalue weighted by molar-refractivity contribution is 0.414. The number of benzene rings is 1. The van der Waals surface area contributed by atoms with E-state index < -0.39 is 0 Å². The number of halogens is 2. The van der Waals surface area contributed by atoms with Gasteiger partial charge in [-0.1, -0.05) is 29.8 Å². The van der Waals surface area contributed by atoms with Crippen LogP contribution in [0.15, 0.2) is 16.6 Å². The highest BCUT2D eigenvalue weighted by atomic mass is 79.9. The Kier molecular flexibility index (Phi) is 2.76. The van der Waals surface area contributed by atoms with Gasteiger partial charge in [0.15, 0.2) is 0 Å². The Morgan fingerprint density at radius 3 is 2.73 bits per heavy atom. The van der Waals surface area contributed by atoms with E-state index in [9.17, 15) is 0 Å². The van der Waals surface area contributed by atoms with Crippen molar-refractivity contribution < 1.29 is 4.74 Å². The van der Waals surface area contributed by atoms with E-state index in [-0.39, 0.29) is 10.8 Å². The summed E-state index contributed by atoms with van der Waals surface area (Å²) in [6.45, 7) is 4.46. The molecule has 15 heavy (non-hydrogen) atoms. The van der Waals surface area contributed by atoms with Gasteiger partial charge in [0.05, 0.1) is 12.5 Å². The minimum atomic E-state index is 0.0985. The zero-order valence-corrected chi connectivity index (χ0v) is 11.4. The molecular weight excluding hydrogens is 275 g/mol. The van der Waals surface area contributed by atoms with E-state index in [2.05, 4.69) is 29.8 Å². The van der Waals surface area contributed by atoms with Gasteiger partial charge in [-0.3, -0.25) is 0 Å². The van der Waals surface area contributed by atoms with E-state index in [1.807, 2.05) is 12.1 Å². The molecule has 0 spiro atoms. The first-order valence-corrected chi connectivity index (χ1v) is 6.20. The topological polar surface area (TPSA) is 9.23 Å². The molecule has 0 fully saturated rings. The van der Waals surface area contributed by atoms with Gasteiger partial charge in [-0.25, -0.2) is 0 Å². The third-order valence-electron chi connectivity index (χ3n) is 3.03. The Labute approximate surface area is 104 Å². The van der Waals surface area contributed by atoms with E-state index in [1.54, 1.807) is 7.11 Å². The van der Waals surface area contributed by atoms with Gasteiger partial charge in [0.2, 0.25) is 0 Å². The van der Waals surface area contributed by atoms with Crippen LogP contribution < -0.4 is 4.74 Å². The van der Waals surface area contributed by atoms with Gasteiger partial charge in [0, 0.05) is 4.47 Å². The highest BCUT2D eigenvalue weighted by molar-refractivity contribution is 9.10. The summed E-state index contributed by atoms with van der Waals surface area (Å²) in [6.07, 6.45) is 0.982. The maximum absolute atomic E-state index is 6.35. The van der Waals surface area contributed by atoms with E-state index >= 15 is 0 Å². The molecule has 1 nitrogen and oxygen atoms in total. The molecule has 0 aromatic heterocycles. The molecule has 82 valence electrons. The van der Waals surface area contributed by atoms with Crippen molar-refractivity contribution >= 4 is 27.5 Å². The highest BCUT2D eigenvalue weighted by Crippen LogP contribution is 2.51. The van der Waals surface area contributed by atoms with Gasteiger partial charge < -0.3 is 4.74 Å². The van der Waals surface area contributed by atoms with E-state index in [0.29, 0.717) is 0 Å². The number of hydrogen-bond acceptors (Lipinski definition) is 1. The minimum Gasteiger partial charge on any atom is -0.497 e. The number of methoxy groups -OCH3 is 1. The molecule has 0 aliphatic heterocycles. The van der Waals surface area contributed by atoms with Crippen LogP contribution >= 0.6 is 27.5 Å². The molecule has 3 heteroatoms. The molecule has 0 N–H and O–H groups in total. The first-order chi connectivity index (χ1) is 6.95. The largest absolute Gasteiger partial charge is 0.497 e. The van der Waals surface area contributed by atoms with Gasteiger partial charge in [-0.2, -0.15) is 0 Å². The molecule has 1 unspecified atom stereocenters. The monoisotopic (exact) mass is 288 g/mol. The predicted octanol–water partition coefficient (Wildman–Crippen LogP) is 4.42. The summed E-state index contributed by atoms with van der Waals surface area (Å²) in [4.78, 5) is 0. The quantitative estimate of drug-likeness (QED) is 0.696. The van der Waals surface area contributed by atoms with Crippen molar-refractivity contribution in [2.24, 2.45) is 0 Å². The number of alkyl halides is 1. The van der Waals surface area contributed by atoms with Crippen LogP contribution in [0.4, 0.5) is 0 Å². The van der Waals surface area contributed by atoms with Gasteiger partial charge >= 0.3 is 0 Å². The molecule has 0 amide bonds. The van der Waals surface area contributed by atoms with Crippen molar-refractivity contribution in [3.05, 3.63) is 27.7 Å². The van der Waals surface area contributed by atoms with Crippen molar-refractivity contribution in [3.63, 3.8) is 0 Å². The minimum absolute atomic E-state index is 0.0985. The summed E-state index contributed by atoms with van der Waals surface area (Å²) < 4.78 is 6.35. The van der Waals surface area contributed by atoms with Gasteiger partial charge in [0.1, 0.15) is 5.75 Å². The summed E-state index contributed by atoms with van der Waals surface area (Å²) in [5, 5.41) is 0.0985. The van der Waals surface area contributed by atoms with Crippen molar-refractivity contribution in [3.8, 4) is 5.75 Å². The first kappa shape index (κ1) is 11.3. The van der Waals surface area contributed by atoms with Crippen molar-refractivity contribution in [1.29, 1.82) is 0 Å². The van der Waals surface area contributed by atoms with Crippen LogP contribution in [0.3, 0.4) is 0 Å². The summed E-state index contributed by atoms with van der Waals surface area (Å²) in [5.74, 6) is 0.865. The molecule has 0 radical (unpaired) electrons. The molecule has 2 rings (SSSR count). The van der Waals surface area contributed by atoms with Crippen molar-refractivity contribution in [1.82, 2.24) is 0 Å². The fourth-order valence-electron chi connectivity index (χ4n) is 2.34. The SMILES string of the molecule is COc1cc(Br)c2c(c1)C(Cl)CC2(C)C. The number of ether oxygens (including phenoxy) is 1. The third-order valence-corrected chi connectivity index (χ3v) is 4.05. The summed E-state index contributed by atoms with van der Waals surface area (Å²) >= 11 is 9.96. The van der Waals surface area contributed by atoms with Crippen LogP contribution in [0, 0.1) is 0 Å². The van der Waals surface area contributed by atoms with Gasteiger partial charge in [0.25, 0.3) is 0 Å².